The van der Waals surface area contributed by atoms with Crippen LogP contribution in [0.1, 0.15) is 15.9 Å². The first kappa shape index (κ1) is 12.1. The number of hydrogen-bond acceptors (Lipinski definition) is 2. The van der Waals surface area contributed by atoms with Gasteiger partial charge in [0.1, 0.15) is 5.75 Å². The van der Waals surface area contributed by atoms with E-state index in [1.54, 1.807) is 18.2 Å². The van der Waals surface area contributed by atoms with Crippen molar-refractivity contribution in [3.05, 3.63) is 63.2 Å². The van der Waals surface area contributed by atoms with E-state index in [0.717, 1.165) is 9.13 Å². The van der Waals surface area contributed by atoms with Gasteiger partial charge in [-0.05, 0) is 40.3 Å². The fraction of sp³-hybridized carbons (Fsp3) is 0.0714. The number of aromatic hydroxyl groups is 1. The molecule has 0 aliphatic rings. The molecule has 0 aliphatic heterocycles. The molecule has 1 N–H and O–H groups in total. The number of hydrogen-bond donors (Lipinski definition) is 1. The summed E-state index contributed by atoms with van der Waals surface area (Å²) < 4.78 is 0.790. The number of phenolic OH excluding ortho intramolecular Hbond substituents is 1. The van der Waals surface area contributed by atoms with Crippen LogP contribution in [0.15, 0.2) is 48.5 Å². The predicted molar refractivity (Wildman–Crippen MR) is 75.3 cm³/mol. The fourth-order valence-corrected chi connectivity index (χ4v) is 1.92. The summed E-state index contributed by atoms with van der Waals surface area (Å²) in [6, 6.07) is 14.5. The van der Waals surface area contributed by atoms with E-state index >= 15 is 0 Å². The van der Waals surface area contributed by atoms with Crippen LogP contribution in [0.25, 0.3) is 0 Å². The minimum absolute atomic E-state index is 0.0613. The third-order valence-electron chi connectivity index (χ3n) is 2.47. The van der Waals surface area contributed by atoms with Crippen LogP contribution in [-0.2, 0) is 6.42 Å². The molecule has 0 saturated carbocycles. The highest BCUT2D eigenvalue weighted by Gasteiger charge is 2.07. The number of rotatable bonds is 3. The summed E-state index contributed by atoms with van der Waals surface area (Å²) in [5.74, 6) is 0.287. The third-order valence-corrected chi connectivity index (χ3v) is 3.38. The summed E-state index contributed by atoms with van der Waals surface area (Å²) >= 11 is 2.05. The second kappa shape index (κ2) is 5.31. The molecule has 0 spiro atoms. The van der Waals surface area contributed by atoms with Gasteiger partial charge in [-0.1, -0.05) is 36.4 Å². The van der Waals surface area contributed by atoms with E-state index in [0.29, 0.717) is 12.0 Å². The Bertz CT molecular complexity index is 535. The van der Waals surface area contributed by atoms with Crippen LogP contribution in [-0.4, -0.2) is 10.9 Å². The minimum atomic E-state index is 0.0613. The number of benzene rings is 2. The molecule has 86 valence electrons. The van der Waals surface area contributed by atoms with Crippen LogP contribution in [0.4, 0.5) is 0 Å². The molecule has 17 heavy (non-hydrogen) atoms. The van der Waals surface area contributed by atoms with Crippen LogP contribution in [0, 0.1) is 3.57 Å². The first-order chi connectivity index (χ1) is 8.16. The molecule has 0 aromatic heterocycles. The van der Waals surface area contributed by atoms with Gasteiger partial charge < -0.3 is 5.11 Å². The van der Waals surface area contributed by atoms with Gasteiger partial charge in [-0.3, -0.25) is 4.79 Å². The predicted octanol–water partition coefficient (Wildman–Crippen LogP) is 3.42. The molecule has 0 heterocycles. The summed E-state index contributed by atoms with van der Waals surface area (Å²) in [4.78, 5) is 11.9. The number of carbonyl (C=O) groups is 1. The van der Waals surface area contributed by atoms with Gasteiger partial charge >= 0.3 is 0 Å². The number of halogens is 1. The zero-order valence-electron chi connectivity index (χ0n) is 9.06. The largest absolute Gasteiger partial charge is 0.507 e. The molecule has 0 radical (unpaired) electrons. The average Bonchev–Trinajstić information content (AvgIpc) is 2.35. The summed E-state index contributed by atoms with van der Waals surface area (Å²) in [6.45, 7) is 0. The summed E-state index contributed by atoms with van der Waals surface area (Å²) in [6.07, 6.45) is 0.314. The van der Waals surface area contributed by atoms with E-state index in [-0.39, 0.29) is 11.5 Å². The standard InChI is InChI=1S/C14H11IO2/c15-12-7-6-10(9-14(12)17)8-13(16)11-4-2-1-3-5-11/h1-7,9,17H,8H2. The van der Waals surface area contributed by atoms with E-state index in [1.165, 1.54) is 0 Å². The Hall–Kier alpha value is -1.36. The maximum atomic E-state index is 11.9. The normalized spacial score (nSPS) is 10.2. The third kappa shape index (κ3) is 3.06. The molecule has 0 unspecified atom stereocenters. The number of carbonyl (C=O) groups excluding carboxylic acids is 1. The molecule has 0 amide bonds. The molecule has 2 aromatic rings. The Morgan fingerprint density at radius 3 is 2.47 bits per heavy atom. The quantitative estimate of drug-likeness (QED) is 0.688. The van der Waals surface area contributed by atoms with E-state index in [4.69, 9.17) is 0 Å². The molecule has 2 aromatic carbocycles. The van der Waals surface area contributed by atoms with Gasteiger partial charge in [0.15, 0.2) is 5.78 Å². The molecule has 0 aliphatic carbocycles. The molecule has 2 nitrogen and oxygen atoms in total. The van der Waals surface area contributed by atoms with Crippen LogP contribution in [0.3, 0.4) is 0 Å². The lowest BCUT2D eigenvalue weighted by atomic mass is 10.0. The Morgan fingerprint density at radius 2 is 1.82 bits per heavy atom. The second-order valence-corrected chi connectivity index (χ2v) is 4.91. The van der Waals surface area contributed by atoms with Crippen LogP contribution >= 0.6 is 22.6 Å². The van der Waals surface area contributed by atoms with Gasteiger partial charge in [0.25, 0.3) is 0 Å². The van der Waals surface area contributed by atoms with Crippen molar-refractivity contribution < 1.29 is 9.90 Å². The zero-order chi connectivity index (χ0) is 12.3. The van der Waals surface area contributed by atoms with Crippen LogP contribution in [0.5, 0.6) is 5.75 Å². The fourth-order valence-electron chi connectivity index (χ4n) is 1.58. The highest BCUT2D eigenvalue weighted by molar-refractivity contribution is 14.1. The van der Waals surface area contributed by atoms with Crippen molar-refractivity contribution in [2.75, 3.05) is 0 Å². The Kier molecular flexibility index (Phi) is 3.78. The van der Waals surface area contributed by atoms with Crippen molar-refractivity contribution in [2.24, 2.45) is 0 Å². The van der Waals surface area contributed by atoms with Gasteiger partial charge in [-0.15, -0.1) is 0 Å². The van der Waals surface area contributed by atoms with Crippen molar-refractivity contribution in [1.82, 2.24) is 0 Å². The lowest BCUT2D eigenvalue weighted by Gasteiger charge is -2.03. The zero-order valence-corrected chi connectivity index (χ0v) is 11.2. The van der Waals surface area contributed by atoms with Crippen LogP contribution < -0.4 is 0 Å². The number of ketones is 1. The van der Waals surface area contributed by atoms with Crippen molar-refractivity contribution in [3.63, 3.8) is 0 Å². The van der Waals surface area contributed by atoms with Gasteiger partial charge in [0, 0.05) is 12.0 Å². The van der Waals surface area contributed by atoms with Crippen LogP contribution in [0.2, 0.25) is 0 Å². The van der Waals surface area contributed by atoms with E-state index in [1.807, 2.05) is 30.3 Å². The second-order valence-electron chi connectivity index (χ2n) is 3.75. The molecule has 2 rings (SSSR count). The monoisotopic (exact) mass is 338 g/mol. The first-order valence-corrected chi connectivity index (χ1v) is 6.30. The van der Waals surface area contributed by atoms with Crippen molar-refractivity contribution in [2.45, 2.75) is 6.42 Å². The molecule has 0 fully saturated rings. The molecular weight excluding hydrogens is 327 g/mol. The lowest BCUT2D eigenvalue weighted by molar-refractivity contribution is 0.0993. The van der Waals surface area contributed by atoms with Gasteiger partial charge in [0.05, 0.1) is 3.57 Å². The Labute approximate surface area is 113 Å². The van der Waals surface area contributed by atoms with Crippen molar-refractivity contribution >= 4 is 28.4 Å². The summed E-state index contributed by atoms with van der Waals surface area (Å²) in [7, 11) is 0. The molecule has 3 heteroatoms. The number of Topliss-reactive ketones (excluding diaryl/α,β-unsaturated/α-hetero) is 1. The number of phenols is 1. The Balaban J connectivity index is 2.16. The van der Waals surface area contributed by atoms with E-state index in [2.05, 4.69) is 22.6 Å². The smallest absolute Gasteiger partial charge is 0.167 e. The highest BCUT2D eigenvalue weighted by atomic mass is 127. The van der Waals surface area contributed by atoms with Gasteiger partial charge in [-0.25, -0.2) is 0 Å². The van der Waals surface area contributed by atoms with E-state index in [9.17, 15) is 9.90 Å². The molecule has 0 saturated heterocycles. The van der Waals surface area contributed by atoms with E-state index < -0.39 is 0 Å². The summed E-state index contributed by atoms with van der Waals surface area (Å²) in [5, 5.41) is 9.56. The highest BCUT2D eigenvalue weighted by Crippen LogP contribution is 2.21. The summed E-state index contributed by atoms with van der Waals surface area (Å²) in [5.41, 5.74) is 1.53. The minimum Gasteiger partial charge on any atom is -0.507 e. The maximum Gasteiger partial charge on any atom is 0.167 e. The molecule has 0 bridgehead atoms. The lowest BCUT2D eigenvalue weighted by Crippen LogP contribution is -2.03. The topological polar surface area (TPSA) is 37.3 Å². The SMILES string of the molecule is O=C(Cc1ccc(I)c(O)c1)c1ccccc1. The first-order valence-electron chi connectivity index (χ1n) is 5.22. The van der Waals surface area contributed by atoms with Gasteiger partial charge in [0.2, 0.25) is 0 Å². The average molecular weight is 338 g/mol. The molecular formula is C14H11IO2. The van der Waals surface area contributed by atoms with Gasteiger partial charge in [-0.2, -0.15) is 0 Å². The van der Waals surface area contributed by atoms with Crippen molar-refractivity contribution in [1.29, 1.82) is 0 Å². The Morgan fingerprint density at radius 1 is 1.12 bits per heavy atom. The molecule has 0 atom stereocenters. The van der Waals surface area contributed by atoms with Crippen molar-refractivity contribution in [3.8, 4) is 5.75 Å². The maximum absolute atomic E-state index is 11.9.